The van der Waals surface area contributed by atoms with Crippen molar-refractivity contribution < 1.29 is 0 Å². The lowest BCUT2D eigenvalue weighted by Crippen LogP contribution is -2.03. The van der Waals surface area contributed by atoms with Crippen LogP contribution in [0.2, 0.25) is 5.02 Å². The Kier molecular flexibility index (Phi) is 2.69. The zero-order valence-electron chi connectivity index (χ0n) is 9.23. The van der Waals surface area contributed by atoms with Gasteiger partial charge in [0.2, 0.25) is 0 Å². The van der Waals surface area contributed by atoms with Crippen LogP contribution in [0.5, 0.6) is 0 Å². The molecule has 1 N–H and O–H groups in total. The molecule has 0 radical (unpaired) electrons. The fraction of sp³-hybridized carbons (Fsp3) is 0.231. The minimum atomic E-state index is 0.600. The largest absolute Gasteiger partial charge is 0.367 e. The van der Waals surface area contributed by atoms with Crippen molar-refractivity contribution in [1.29, 1.82) is 0 Å². The highest BCUT2D eigenvalue weighted by atomic mass is 35.5. The summed E-state index contributed by atoms with van der Waals surface area (Å²) >= 11 is 5.86. The Hall–Kier alpha value is -1.61. The van der Waals surface area contributed by atoms with Gasteiger partial charge in [-0.2, -0.15) is 0 Å². The van der Waals surface area contributed by atoms with Crippen LogP contribution in [0.25, 0.3) is 11.3 Å². The predicted octanol–water partition coefficient (Wildman–Crippen LogP) is 3.37. The predicted molar refractivity (Wildman–Crippen MR) is 69.1 cm³/mol. The zero-order valence-corrected chi connectivity index (χ0v) is 9.98. The number of aromatic nitrogens is 2. The number of hydrogen-bond acceptors (Lipinski definition) is 3. The monoisotopic (exact) mass is 245 g/mol. The van der Waals surface area contributed by atoms with Crippen molar-refractivity contribution in [3.63, 3.8) is 0 Å². The fourth-order valence-corrected chi connectivity index (χ4v) is 1.78. The second-order valence-corrected chi connectivity index (χ2v) is 4.65. The standard InChI is InChI=1S/C13H12ClN3/c14-10-3-1-9(2-4-10)12-7-13(16-8-15-12)17-11-5-6-11/h1-4,7-8,11H,5-6H2,(H,15,16,17). The molecule has 2 aromatic rings. The van der Waals surface area contributed by atoms with E-state index in [-0.39, 0.29) is 0 Å². The van der Waals surface area contributed by atoms with Crippen molar-refractivity contribution in [2.45, 2.75) is 18.9 Å². The normalized spacial score (nSPS) is 14.6. The maximum atomic E-state index is 5.86. The number of nitrogens with zero attached hydrogens (tertiary/aromatic N) is 2. The number of rotatable bonds is 3. The lowest BCUT2D eigenvalue weighted by atomic mass is 10.1. The fourth-order valence-electron chi connectivity index (χ4n) is 1.65. The molecule has 1 aromatic carbocycles. The first-order valence-corrected chi connectivity index (χ1v) is 6.03. The molecule has 86 valence electrons. The summed E-state index contributed by atoms with van der Waals surface area (Å²) in [5.74, 6) is 0.896. The Bertz CT molecular complexity index is 520. The van der Waals surface area contributed by atoms with Crippen LogP contribution in [0.15, 0.2) is 36.7 Å². The molecule has 3 rings (SSSR count). The van der Waals surface area contributed by atoms with E-state index >= 15 is 0 Å². The molecule has 1 saturated carbocycles. The number of nitrogens with one attached hydrogen (secondary N) is 1. The molecule has 17 heavy (non-hydrogen) atoms. The van der Waals surface area contributed by atoms with E-state index in [0.717, 1.165) is 22.1 Å². The van der Waals surface area contributed by atoms with E-state index in [9.17, 15) is 0 Å². The Morgan fingerprint density at radius 3 is 2.59 bits per heavy atom. The molecule has 1 aliphatic carbocycles. The van der Waals surface area contributed by atoms with Crippen LogP contribution in [0.3, 0.4) is 0 Å². The highest BCUT2D eigenvalue weighted by Gasteiger charge is 2.21. The molecule has 3 nitrogen and oxygen atoms in total. The summed E-state index contributed by atoms with van der Waals surface area (Å²) in [4.78, 5) is 8.49. The molecule has 1 aromatic heterocycles. The van der Waals surface area contributed by atoms with Gasteiger partial charge in [0.1, 0.15) is 12.1 Å². The molecule has 1 heterocycles. The number of halogens is 1. The number of anilines is 1. The van der Waals surface area contributed by atoms with Crippen molar-refractivity contribution in [1.82, 2.24) is 9.97 Å². The summed E-state index contributed by atoms with van der Waals surface area (Å²) in [5, 5.41) is 4.10. The summed E-state index contributed by atoms with van der Waals surface area (Å²) in [6, 6.07) is 10.2. The van der Waals surface area contributed by atoms with Gasteiger partial charge in [0.05, 0.1) is 5.69 Å². The SMILES string of the molecule is Clc1ccc(-c2cc(NC3CC3)ncn2)cc1. The summed E-state index contributed by atoms with van der Waals surface area (Å²) in [7, 11) is 0. The van der Waals surface area contributed by atoms with Gasteiger partial charge in [0, 0.05) is 22.7 Å². The highest BCUT2D eigenvalue weighted by molar-refractivity contribution is 6.30. The molecule has 0 atom stereocenters. The lowest BCUT2D eigenvalue weighted by molar-refractivity contribution is 1.08. The smallest absolute Gasteiger partial charge is 0.130 e. The van der Waals surface area contributed by atoms with Crippen LogP contribution in [0.1, 0.15) is 12.8 Å². The highest BCUT2D eigenvalue weighted by Crippen LogP contribution is 2.25. The quantitative estimate of drug-likeness (QED) is 0.901. The van der Waals surface area contributed by atoms with E-state index < -0.39 is 0 Å². The van der Waals surface area contributed by atoms with Gasteiger partial charge >= 0.3 is 0 Å². The minimum absolute atomic E-state index is 0.600. The van der Waals surface area contributed by atoms with E-state index in [1.165, 1.54) is 12.8 Å². The van der Waals surface area contributed by atoms with Gasteiger partial charge in [0.25, 0.3) is 0 Å². The van der Waals surface area contributed by atoms with Crippen molar-refractivity contribution in [3.05, 3.63) is 41.7 Å². The lowest BCUT2D eigenvalue weighted by Gasteiger charge is -2.05. The van der Waals surface area contributed by atoms with Gasteiger partial charge < -0.3 is 5.32 Å². The van der Waals surface area contributed by atoms with Crippen molar-refractivity contribution >= 4 is 17.4 Å². The van der Waals surface area contributed by atoms with Gasteiger partial charge in [0.15, 0.2) is 0 Å². The zero-order chi connectivity index (χ0) is 11.7. The minimum Gasteiger partial charge on any atom is -0.367 e. The summed E-state index contributed by atoms with van der Waals surface area (Å²) in [6.07, 6.45) is 4.06. The molecular formula is C13H12ClN3. The molecule has 0 amide bonds. The summed E-state index contributed by atoms with van der Waals surface area (Å²) in [6.45, 7) is 0. The van der Waals surface area contributed by atoms with Gasteiger partial charge in [-0.15, -0.1) is 0 Å². The third-order valence-electron chi connectivity index (χ3n) is 2.74. The Labute approximate surface area is 105 Å². The van der Waals surface area contributed by atoms with Crippen molar-refractivity contribution in [2.24, 2.45) is 0 Å². The second kappa shape index (κ2) is 4.34. The Morgan fingerprint density at radius 1 is 1.12 bits per heavy atom. The van der Waals surface area contributed by atoms with Gasteiger partial charge in [-0.3, -0.25) is 0 Å². The average Bonchev–Trinajstić information content (AvgIpc) is 3.14. The van der Waals surface area contributed by atoms with E-state index in [2.05, 4.69) is 15.3 Å². The molecule has 0 spiro atoms. The molecular weight excluding hydrogens is 234 g/mol. The van der Waals surface area contributed by atoms with Gasteiger partial charge in [-0.1, -0.05) is 23.7 Å². The molecule has 4 heteroatoms. The number of benzene rings is 1. The van der Waals surface area contributed by atoms with Gasteiger partial charge in [-0.05, 0) is 25.0 Å². The first-order valence-electron chi connectivity index (χ1n) is 5.66. The van der Waals surface area contributed by atoms with Gasteiger partial charge in [-0.25, -0.2) is 9.97 Å². The molecule has 1 aliphatic rings. The van der Waals surface area contributed by atoms with E-state index in [1.54, 1.807) is 6.33 Å². The summed E-state index contributed by atoms with van der Waals surface area (Å²) < 4.78 is 0. The maximum Gasteiger partial charge on any atom is 0.130 e. The Balaban J connectivity index is 1.88. The number of hydrogen-bond donors (Lipinski definition) is 1. The van der Waals surface area contributed by atoms with Crippen LogP contribution < -0.4 is 5.32 Å². The van der Waals surface area contributed by atoms with Crippen LogP contribution in [0, 0.1) is 0 Å². The third kappa shape index (κ3) is 2.56. The second-order valence-electron chi connectivity index (χ2n) is 4.21. The first kappa shape index (κ1) is 10.5. The Morgan fingerprint density at radius 2 is 1.88 bits per heavy atom. The van der Waals surface area contributed by atoms with Crippen LogP contribution in [-0.2, 0) is 0 Å². The topological polar surface area (TPSA) is 37.8 Å². The molecule has 0 saturated heterocycles. The van der Waals surface area contributed by atoms with E-state index in [4.69, 9.17) is 11.6 Å². The van der Waals surface area contributed by atoms with Crippen LogP contribution >= 0.6 is 11.6 Å². The van der Waals surface area contributed by atoms with Crippen LogP contribution in [0.4, 0.5) is 5.82 Å². The van der Waals surface area contributed by atoms with Crippen molar-refractivity contribution in [3.8, 4) is 11.3 Å². The summed E-state index contributed by atoms with van der Waals surface area (Å²) in [5.41, 5.74) is 1.97. The van der Waals surface area contributed by atoms with Crippen molar-refractivity contribution in [2.75, 3.05) is 5.32 Å². The molecule has 0 aliphatic heterocycles. The molecule has 0 unspecified atom stereocenters. The van der Waals surface area contributed by atoms with E-state index in [0.29, 0.717) is 6.04 Å². The average molecular weight is 246 g/mol. The third-order valence-corrected chi connectivity index (χ3v) is 2.99. The van der Waals surface area contributed by atoms with Crippen LogP contribution in [-0.4, -0.2) is 16.0 Å². The molecule has 0 bridgehead atoms. The maximum absolute atomic E-state index is 5.86. The first-order chi connectivity index (χ1) is 8.31. The molecule has 1 fully saturated rings. The van der Waals surface area contributed by atoms with E-state index in [1.807, 2.05) is 30.3 Å².